The van der Waals surface area contributed by atoms with Crippen LogP contribution in [-0.2, 0) is 4.79 Å². The van der Waals surface area contributed by atoms with Crippen molar-refractivity contribution in [1.29, 1.82) is 0 Å². The van der Waals surface area contributed by atoms with Crippen LogP contribution in [-0.4, -0.2) is 12.5 Å². The van der Waals surface area contributed by atoms with Crippen LogP contribution in [0.4, 0.5) is 5.69 Å². The zero-order valence-corrected chi connectivity index (χ0v) is 10.1. The number of nitrogens with two attached hydrogens (primary N) is 1. The van der Waals surface area contributed by atoms with E-state index >= 15 is 0 Å². The number of anilines is 1. The second-order valence-corrected chi connectivity index (χ2v) is 4.27. The van der Waals surface area contributed by atoms with Crippen LogP contribution in [0, 0.1) is 0 Å². The maximum absolute atomic E-state index is 10.5. The first-order valence-electron chi connectivity index (χ1n) is 4.96. The molecule has 4 heteroatoms. The predicted molar refractivity (Wildman–Crippen MR) is 65.7 cm³/mol. The molecule has 0 unspecified atom stereocenters. The standard InChI is InChI=1S/C11H15BrN2O/c12-9-4-6-10(7-5-9)14-8-2-1-3-11(13)15/h4-7,14H,1-3,8H2,(H2,13,15). The Kier molecular flexibility index (Phi) is 5.18. The molecular formula is C11H15BrN2O. The molecule has 1 rings (SSSR count). The number of unbranched alkanes of at least 4 members (excludes halogenated alkanes) is 1. The molecule has 0 radical (unpaired) electrons. The fraction of sp³-hybridized carbons (Fsp3) is 0.364. The third-order valence-electron chi connectivity index (χ3n) is 2.02. The number of nitrogens with one attached hydrogen (secondary N) is 1. The Morgan fingerprint density at radius 1 is 1.27 bits per heavy atom. The van der Waals surface area contributed by atoms with E-state index in [-0.39, 0.29) is 5.91 Å². The van der Waals surface area contributed by atoms with Gasteiger partial charge in [-0.1, -0.05) is 15.9 Å². The summed E-state index contributed by atoms with van der Waals surface area (Å²) in [5.41, 5.74) is 6.13. The number of halogens is 1. The Bertz CT molecular complexity index is 311. The summed E-state index contributed by atoms with van der Waals surface area (Å²) in [5, 5.41) is 3.27. The van der Waals surface area contributed by atoms with Crippen molar-refractivity contribution in [1.82, 2.24) is 0 Å². The van der Waals surface area contributed by atoms with E-state index in [0.717, 1.165) is 29.5 Å². The number of benzene rings is 1. The first kappa shape index (κ1) is 12.0. The van der Waals surface area contributed by atoms with Crippen LogP contribution in [0.3, 0.4) is 0 Å². The third-order valence-corrected chi connectivity index (χ3v) is 2.55. The lowest BCUT2D eigenvalue weighted by Crippen LogP contribution is -2.10. The molecule has 3 nitrogen and oxygen atoms in total. The molecule has 0 aliphatic carbocycles. The highest BCUT2D eigenvalue weighted by atomic mass is 79.9. The maximum Gasteiger partial charge on any atom is 0.217 e. The van der Waals surface area contributed by atoms with E-state index in [1.165, 1.54) is 0 Å². The minimum atomic E-state index is -0.223. The minimum absolute atomic E-state index is 0.223. The van der Waals surface area contributed by atoms with Gasteiger partial charge in [0, 0.05) is 23.1 Å². The summed E-state index contributed by atoms with van der Waals surface area (Å²) in [6.45, 7) is 0.870. The summed E-state index contributed by atoms with van der Waals surface area (Å²) in [6.07, 6.45) is 2.28. The maximum atomic E-state index is 10.5. The van der Waals surface area contributed by atoms with Gasteiger partial charge in [0.15, 0.2) is 0 Å². The average Bonchev–Trinajstić information content (AvgIpc) is 2.20. The van der Waals surface area contributed by atoms with Gasteiger partial charge >= 0.3 is 0 Å². The highest BCUT2D eigenvalue weighted by Gasteiger charge is 1.95. The van der Waals surface area contributed by atoms with Crippen LogP contribution in [0.15, 0.2) is 28.7 Å². The van der Waals surface area contributed by atoms with E-state index < -0.39 is 0 Å². The van der Waals surface area contributed by atoms with Gasteiger partial charge in [0.25, 0.3) is 0 Å². The highest BCUT2D eigenvalue weighted by Crippen LogP contribution is 2.14. The fourth-order valence-corrected chi connectivity index (χ4v) is 1.49. The van der Waals surface area contributed by atoms with Crippen molar-refractivity contribution in [3.63, 3.8) is 0 Å². The smallest absolute Gasteiger partial charge is 0.217 e. The normalized spacial score (nSPS) is 9.93. The summed E-state index contributed by atoms with van der Waals surface area (Å²) in [6, 6.07) is 8.01. The second-order valence-electron chi connectivity index (χ2n) is 3.36. The van der Waals surface area contributed by atoms with Crippen molar-refractivity contribution in [2.45, 2.75) is 19.3 Å². The van der Waals surface area contributed by atoms with E-state index in [9.17, 15) is 4.79 Å². The quantitative estimate of drug-likeness (QED) is 0.781. The molecule has 0 aromatic heterocycles. The molecule has 82 valence electrons. The largest absolute Gasteiger partial charge is 0.385 e. The van der Waals surface area contributed by atoms with Crippen molar-refractivity contribution in [2.24, 2.45) is 5.73 Å². The number of amides is 1. The van der Waals surface area contributed by atoms with Gasteiger partial charge in [-0.3, -0.25) is 4.79 Å². The Labute approximate surface area is 98.2 Å². The molecule has 0 spiro atoms. The lowest BCUT2D eigenvalue weighted by Gasteiger charge is -2.05. The molecule has 0 heterocycles. The van der Waals surface area contributed by atoms with Crippen molar-refractivity contribution < 1.29 is 4.79 Å². The zero-order valence-electron chi connectivity index (χ0n) is 8.50. The molecule has 1 aromatic carbocycles. The molecule has 0 atom stereocenters. The first-order valence-corrected chi connectivity index (χ1v) is 5.75. The van der Waals surface area contributed by atoms with Gasteiger partial charge in [-0.05, 0) is 37.1 Å². The molecule has 15 heavy (non-hydrogen) atoms. The minimum Gasteiger partial charge on any atom is -0.385 e. The molecule has 3 N–H and O–H groups in total. The van der Waals surface area contributed by atoms with Crippen LogP contribution < -0.4 is 11.1 Å². The summed E-state index contributed by atoms with van der Waals surface area (Å²) in [4.78, 5) is 10.5. The number of hydrogen-bond acceptors (Lipinski definition) is 2. The molecule has 1 amide bonds. The van der Waals surface area contributed by atoms with Gasteiger partial charge in [0.1, 0.15) is 0 Å². The van der Waals surface area contributed by atoms with Crippen molar-refractivity contribution in [2.75, 3.05) is 11.9 Å². The summed E-state index contributed by atoms with van der Waals surface area (Å²) in [7, 11) is 0. The van der Waals surface area contributed by atoms with E-state index in [1.807, 2.05) is 24.3 Å². The molecule has 0 aliphatic rings. The molecule has 0 bridgehead atoms. The lowest BCUT2D eigenvalue weighted by molar-refractivity contribution is -0.118. The van der Waals surface area contributed by atoms with Crippen LogP contribution in [0.2, 0.25) is 0 Å². The van der Waals surface area contributed by atoms with E-state index in [1.54, 1.807) is 0 Å². The molecule has 0 fully saturated rings. The SMILES string of the molecule is NC(=O)CCCCNc1ccc(Br)cc1. The van der Waals surface area contributed by atoms with E-state index in [4.69, 9.17) is 5.73 Å². The van der Waals surface area contributed by atoms with Crippen molar-refractivity contribution >= 4 is 27.5 Å². The van der Waals surface area contributed by atoms with Gasteiger partial charge in [0.2, 0.25) is 5.91 Å². The van der Waals surface area contributed by atoms with E-state index in [2.05, 4.69) is 21.2 Å². The van der Waals surface area contributed by atoms with Crippen LogP contribution in [0.25, 0.3) is 0 Å². The molecule has 1 aromatic rings. The number of primary amides is 1. The van der Waals surface area contributed by atoms with Crippen molar-refractivity contribution in [3.05, 3.63) is 28.7 Å². The van der Waals surface area contributed by atoms with Gasteiger partial charge in [-0.25, -0.2) is 0 Å². The average molecular weight is 271 g/mol. The van der Waals surface area contributed by atoms with Crippen LogP contribution >= 0.6 is 15.9 Å². The zero-order chi connectivity index (χ0) is 11.1. The second kappa shape index (κ2) is 6.45. The Morgan fingerprint density at radius 3 is 2.53 bits per heavy atom. The van der Waals surface area contributed by atoms with Gasteiger partial charge in [0.05, 0.1) is 0 Å². The van der Waals surface area contributed by atoms with Crippen LogP contribution in [0.1, 0.15) is 19.3 Å². The number of hydrogen-bond donors (Lipinski definition) is 2. The number of carbonyl (C=O) groups excluding carboxylic acids is 1. The topological polar surface area (TPSA) is 55.1 Å². The monoisotopic (exact) mass is 270 g/mol. The summed E-state index contributed by atoms with van der Waals surface area (Å²) >= 11 is 3.38. The number of rotatable bonds is 6. The number of carbonyl (C=O) groups is 1. The lowest BCUT2D eigenvalue weighted by atomic mass is 10.2. The highest BCUT2D eigenvalue weighted by molar-refractivity contribution is 9.10. The molecule has 0 aliphatic heterocycles. The Hall–Kier alpha value is -1.03. The van der Waals surface area contributed by atoms with Crippen LogP contribution in [0.5, 0.6) is 0 Å². The Balaban J connectivity index is 2.15. The molecule has 0 saturated carbocycles. The van der Waals surface area contributed by atoms with Gasteiger partial charge in [-0.15, -0.1) is 0 Å². The van der Waals surface area contributed by atoms with E-state index in [0.29, 0.717) is 6.42 Å². The third kappa shape index (κ3) is 5.42. The van der Waals surface area contributed by atoms with Crippen molar-refractivity contribution in [3.8, 4) is 0 Å². The molecular weight excluding hydrogens is 256 g/mol. The summed E-state index contributed by atoms with van der Waals surface area (Å²) < 4.78 is 1.07. The van der Waals surface area contributed by atoms with Gasteiger partial charge in [-0.2, -0.15) is 0 Å². The first-order chi connectivity index (χ1) is 7.18. The predicted octanol–water partition coefficient (Wildman–Crippen LogP) is 2.52. The Morgan fingerprint density at radius 2 is 1.93 bits per heavy atom. The molecule has 0 saturated heterocycles. The van der Waals surface area contributed by atoms with Gasteiger partial charge < -0.3 is 11.1 Å². The fourth-order valence-electron chi connectivity index (χ4n) is 1.22. The summed E-state index contributed by atoms with van der Waals surface area (Å²) in [5.74, 6) is -0.223.